The maximum atomic E-state index is 11.2. The molecule has 1 rings (SSSR count). The Morgan fingerprint density at radius 2 is 2.21 bits per heavy atom. The summed E-state index contributed by atoms with van der Waals surface area (Å²) in [5.41, 5.74) is -0.0450. The zero-order valence-electron chi connectivity index (χ0n) is 8.59. The molecule has 1 aromatic rings. The largest absolute Gasteiger partial charge is 0.493 e. The minimum atomic E-state index is -0.293. The first kappa shape index (κ1) is 10.7. The van der Waals surface area contributed by atoms with E-state index in [1.807, 2.05) is 13.8 Å². The van der Waals surface area contributed by atoms with E-state index >= 15 is 0 Å². The number of rotatable bonds is 3. The van der Waals surface area contributed by atoms with Crippen LogP contribution in [-0.2, 0) is 6.54 Å². The Balaban J connectivity index is 2.85. The van der Waals surface area contributed by atoms with Crippen molar-refractivity contribution in [2.24, 2.45) is 0 Å². The number of hydrogen-bond acceptors (Lipinski definition) is 4. The van der Waals surface area contributed by atoms with E-state index in [0.29, 0.717) is 18.4 Å². The van der Waals surface area contributed by atoms with Gasteiger partial charge in [0.2, 0.25) is 5.88 Å². The second kappa shape index (κ2) is 4.23. The van der Waals surface area contributed by atoms with Gasteiger partial charge in [-0.3, -0.25) is 4.79 Å². The van der Waals surface area contributed by atoms with E-state index in [-0.39, 0.29) is 17.0 Å². The summed E-state index contributed by atoms with van der Waals surface area (Å²) in [6, 6.07) is 0.309. The van der Waals surface area contributed by atoms with Crippen LogP contribution in [0.4, 0.5) is 0 Å². The van der Waals surface area contributed by atoms with Gasteiger partial charge in [-0.25, -0.2) is 0 Å². The average Bonchev–Trinajstić information content (AvgIpc) is 2.10. The van der Waals surface area contributed by atoms with Crippen molar-refractivity contribution < 1.29 is 5.11 Å². The number of aromatic amines is 1. The van der Waals surface area contributed by atoms with Crippen LogP contribution >= 0.6 is 0 Å². The summed E-state index contributed by atoms with van der Waals surface area (Å²) >= 11 is 0. The van der Waals surface area contributed by atoms with E-state index in [0.717, 1.165) is 0 Å². The van der Waals surface area contributed by atoms with Gasteiger partial charge in [0.15, 0.2) is 0 Å². The predicted molar refractivity (Wildman–Crippen MR) is 53.2 cm³/mol. The molecular weight excluding hydrogens is 182 g/mol. The highest BCUT2D eigenvalue weighted by Gasteiger charge is 2.05. The molecule has 0 saturated heterocycles. The monoisotopic (exact) mass is 197 g/mol. The van der Waals surface area contributed by atoms with Crippen LogP contribution in [0.5, 0.6) is 5.88 Å². The topological polar surface area (TPSA) is 78.0 Å². The fourth-order valence-corrected chi connectivity index (χ4v) is 0.951. The molecule has 0 aliphatic carbocycles. The molecule has 78 valence electrons. The summed E-state index contributed by atoms with van der Waals surface area (Å²) in [5, 5.41) is 12.4. The van der Waals surface area contributed by atoms with Crippen LogP contribution in [0.2, 0.25) is 0 Å². The Hall–Kier alpha value is -1.36. The lowest BCUT2D eigenvalue weighted by atomic mass is 10.3. The number of nitrogens with zero attached hydrogens (tertiary/aromatic N) is 1. The van der Waals surface area contributed by atoms with E-state index in [2.05, 4.69) is 15.3 Å². The second-order valence-corrected chi connectivity index (χ2v) is 3.50. The van der Waals surface area contributed by atoms with Gasteiger partial charge >= 0.3 is 0 Å². The van der Waals surface area contributed by atoms with E-state index in [1.54, 1.807) is 0 Å². The Labute approximate surface area is 82.2 Å². The van der Waals surface area contributed by atoms with E-state index in [4.69, 9.17) is 0 Å². The third kappa shape index (κ3) is 2.56. The molecule has 0 spiro atoms. The van der Waals surface area contributed by atoms with Crippen LogP contribution in [0.1, 0.15) is 25.2 Å². The minimum absolute atomic E-state index is 0.200. The SMILES string of the molecule is Cc1c(O)nc(CNC(C)C)[nH]c1=O. The Morgan fingerprint density at radius 1 is 1.57 bits per heavy atom. The molecule has 5 heteroatoms. The molecular formula is C9H15N3O2. The lowest BCUT2D eigenvalue weighted by Crippen LogP contribution is -2.25. The normalized spacial score (nSPS) is 10.9. The molecule has 0 unspecified atom stereocenters. The molecule has 1 heterocycles. The van der Waals surface area contributed by atoms with Gasteiger partial charge in [0.05, 0.1) is 12.1 Å². The van der Waals surface area contributed by atoms with Crippen molar-refractivity contribution in [1.82, 2.24) is 15.3 Å². The molecule has 0 aromatic carbocycles. The molecule has 0 radical (unpaired) electrons. The van der Waals surface area contributed by atoms with Crippen molar-refractivity contribution in [2.45, 2.75) is 33.4 Å². The van der Waals surface area contributed by atoms with Gasteiger partial charge in [0.25, 0.3) is 5.56 Å². The summed E-state index contributed by atoms with van der Waals surface area (Å²) in [7, 11) is 0. The van der Waals surface area contributed by atoms with Gasteiger partial charge in [-0.15, -0.1) is 0 Å². The molecule has 3 N–H and O–H groups in total. The predicted octanol–water partition coefficient (Wildman–Crippen LogP) is 0.282. The smallest absolute Gasteiger partial charge is 0.257 e. The maximum absolute atomic E-state index is 11.2. The number of aromatic nitrogens is 2. The second-order valence-electron chi connectivity index (χ2n) is 3.50. The minimum Gasteiger partial charge on any atom is -0.493 e. The van der Waals surface area contributed by atoms with Crippen LogP contribution in [-0.4, -0.2) is 21.1 Å². The molecule has 0 atom stereocenters. The lowest BCUT2D eigenvalue weighted by molar-refractivity contribution is 0.439. The average molecular weight is 197 g/mol. The number of H-pyrrole nitrogens is 1. The highest BCUT2D eigenvalue weighted by molar-refractivity contribution is 5.20. The van der Waals surface area contributed by atoms with Crippen LogP contribution < -0.4 is 10.9 Å². The quantitative estimate of drug-likeness (QED) is 0.650. The fraction of sp³-hybridized carbons (Fsp3) is 0.556. The Bertz CT molecular complexity index is 371. The third-order valence-corrected chi connectivity index (χ3v) is 1.85. The Kier molecular flexibility index (Phi) is 3.24. The van der Waals surface area contributed by atoms with Gasteiger partial charge in [-0.1, -0.05) is 13.8 Å². The van der Waals surface area contributed by atoms with Gasteiger partial charge in [0, 0.05) is 6.04 Å². The molecule has 0 aliphatic heterocycles. The summed E-state index contributed by atoms with van der Waals surface area (Å²) in [4.78, 5) is 17.6. The van der Waals surface area contributed by atoms with Crippen molar-refractivity contribution in [3.63, 3.8) is 0 Å². The van der Waals surface area contributed by atoms with Crippen molar-refractivity contribution in [3.05, 3.63) is 21.7 Å². The van der Waals surface area contributed by atoms with Crippen LogP contribution in [0.25, 0.3) is 0 Å². The van der Waals surface area contributed by atoms with Crippen molar-refractivity contribution in [2.75, 3.05) is 0 Å². The summed E-state index contributed by atoms with van der Waals surface area (Å²) < 4.78 is 0. The van der Waals surface area contributed by atoms with E-state index in [9.17, 15) is 9.90 Å². The summed E-state index contributed by atoms with van der Waals surface area (Å²) in [6.45, 7) is 5.96. The van der Waals surface area contributed by atoms with E-state index < -0.39 is 0 Å². The number of nitrogens with one attached hydrogen (secondary N) is 2. The first-order chi connectivity index (χ1) is 6.50. The molecule has 5 nitrogen and oxygen atoms in total. The zero-order chi connectivity index (χ0) is 10.7. The molecule has 0 amide bonds. The van der Waals surface area contributed by atoms with Crippen molar-refractivity contribution in [3.8, 4) is 5.88 Å². The zero-order valence-corrected chi connectivity index (χ0v) is 8.59. The molecule has 0 fully saturated rings. The highest BCUT2D eigenvalue weighted by Crippen LogP contribution is 2.05. The van der Waals surface area contributed by atoms with E-state index in [1.165, 1.54) is 6.92 Å². The van der Waals surface area contributed by atoms with Crippen LogP contribution in [0.15, 0.2) is 4.79 Å². The standard InChI is InChI=1S/C9H15N3O2/c1-5(2)10-4-7-11-8(13)6(3)9(14)12-7/h5,10H,4H2,1-3H3,(H2,11,12,13,14). The highest BCUT2D eigenvalue weighted by atomic mass is 16.3. The first-order valence-corrected chi connectivity index (χ1v) is 4.53. The maximum Gasteiger partial charge on any atom is 0.257 e. The molecule has 0 aliphatic rings. The molecule has 1 aromatic heterocycles. The Morgan fingerprint density at radius 3 is 2.71 bits per heavy atom. The van der Waals surface area contributed by atoms with Crippen molar-refractivity contribution in [1.29, 1.82) is 0 Å². The van der Waals surface area contributed by atoms with Gasteiger partial charge in [-0.05, 0) is 6.92 Å². The van der Waals surface area contributed by atoms with Gasteiger partial charge < -0.3 is 15.4 Å². The molecule has 14 heavy (non-hydrogen) atoms. The first-order valence-electron chi connectivity index (χ1n) is 4.53. The fourth-order valence-electron chi connectivity index (χ4n) is 0.951. The molecule has 0 bridgehead atoms. The molecule has 0 saturated carbocycles. The number of hydrogen-bond donors (Lipinski definition) is 3. The summed E-state index contributed by atoms with van der Waals surface area (Å²) in [6.07, 6.45) is 0. The van der Waals surface area contributed by atoms with Crippen LogP contribution in [0.3, 0.4) is 0 Å². The van der Waals surface area contributed by atoms with Crippen molar-refractivity contribution >= 4 is 0 Å². The lowest BCUT2D eigenvalue weighted by Gasteiger charge is -2.07. The van der Waals surface area contributed by atoms with Crippen LogP contribution in [0, 0.1) is 6.92 Å². The summed E-state index contributed by atoms with van der Waals surface area (Å²) in [5.74, 6) is 0.251. The number of aromatic hydroxyl groups is 1. The van der Waals surface area contributed by atoms with Gasteiger partial charge in [0.1, 0.15) is 5.82 Å². The van der Waals surface area contributed by atoms with Gasteiger partial charge in [-0.2, -0.15) is 4.98 Å². The third-order valence-electron chi connectivity index (χ3n) is 1.85.